The van der Waals surface area contributed by atoms with Gasteiger partial charge in [0.15, 0.2) is 0 Å². The van der Waals surface area contributed by atoms with Gasteiger partial charge in [0.2, 0.25) is 5.91 Å². The van der Waals surface area contributed by atoms with Crippen LogP contribution in [0, 0.1) is 5.92 Å². The number of unbranched alkanes of at least 4 members (excludes halogenated alkanes) is 1. The molecule has 1 saturated heterocycles. The second-order valence-electron chi connectivity index (χ2n) is 5.40. The maximum atomic E-state index is 12.1. The Kier molecular flexibility index (Phi) is 4.57. The molecule has 0 N–H and O–H groups in total. The van der Waals surface area contributed by atoms with Crippen molar-refractivity contribution in [2.24, 2.45) is 5.92 Å². The summed E-state index contributed by atoms with van der Waals surface area (Å²) in [4.78, 5) is 24.5. The van der Waals surface area contributed by atoms with Gasteiger partial charge in [-0.1, -0.05) is 12.8 Å². The number of aldehydes is 1. The van der Waals surface area contributed by atoms with E-state index in [1.165, 1.54) is 38.5 Å². The molecule has 2 unspecified atom stereocenters. The zero-order valence-electron chi connectivity index (χ0n) is 10.6. The van der Waals surface area contributed by atoms with Crippen LogP contribution >= 0.6 is 0 Å². The number of carbonyl (C=O) groups is 2. The van der Waals surface area contributed by atoms with Crippen LogP contribution in [0.25, 0.3) is 0 Å². The van der Waals surface area contributed by atoms with Crippen LogP contribution in [0.15, 0.2) is 0 Å². The molecule has 0 spiro atoms. The molecule has 2 aliphatic rings. The van der Waals surface area contributed by atoms with Crippen molar-refractivity contribution in [1.82, 2.24) is 4.90 Å². The molecule has 0 radical (unpaired) electrons. The molecule has 2 atom stereocenters. The van der Waals surface area contributed by atoms with Crippen molar-refractivity contribution in [3.05, 3.63) is 0 Å². The lowest BCUT2D eigenvalue weighted by atomic mass is 9.78. The summed E-state index contributed by atoms with van der Waals surface area (Å²) in [5.41, 5.74) is 0. The maximum absolute atomic E-state index is 12.1. The fourth-order valence-electron chi connectivity index (χ4n) is 3.41. The van der Waals surface area contributed by atoms with Crippen molar-refractivity contribution in [2.75, 3.05) is 6.54 Å². The quantitative estimate of drug-likeness (QED) is 0.556. The summed E-state index contributed by atoms with van der Waals surface area (Å²) in [6.45, 7) is 0.946. The lowest BCUT2D eigenvalue weighted by Crippen LogP contribution is -2.49. The van der Waals surface area contributed by atoms with Gasteiger partial charge in [-0.05, 0) is 38.0 Å². The summed E-state index contributed by atoms with van der Waals surface area (Å²) in [5.74, 6) is 1.04. The first-order chi connectivity index (χ1) is 8.33. The molecule has 1 heterocycles. The van der Waals surface area contributed by atoms with Gasteiger partial charge in [-0.15, -0.1) is 0 Å². The highest BCUT2D eigenvalue weighted by molar-refractivity contribution is 5.77. The predicted octanol–water partition coefficient (Wildman–Crippen LogP) is 2.54. The van der Waals surface area contributed by atoms with E-state index in [-0.39, 0.29) is 5.91 Å². The Bertz CT molecular complexity index is 275. The lowest BCUT2D eigenvalue weighted by Gasteiger charge is -2.44. The van der Waals surface area contributed by atoms with Crippen LogP contribution in [0.5, 0.6) is 0 Å². The molecule has 0 bridgehead atoms. The van der Waals surface area contributed by atoms with E-state index in [9.17, 15) is 9.59 Å². The number of likely N-dealkylation sites (tertiary alicyclic amines) is 1. The first-order valence-electron chi connectivity index (χ1n) is 7.06. The van der Waals surface area contributed by atoms with Crippen molar-refractivity contribution in [3.63, 3.8) is 0 Å². The number of carbonyl (C=O) groups excluding carboxylic acids is 2. The van der Waals surface area contributed by atoms with Gasteiger partial charge in [0.1, 0.15) is 6.29 Å². The second kappa shape index (κ2) is 6.18. The molecular weight excluding hydrogens is 214 g/mol. The van der Waals surface area contributed by atoms with E-state index in [4.69, 9.17) is 0 Å². The number of hydrogen-bond acceptors (Lipinski definition) is 2. The molecule has 0 aromatic carbocycles. The van der Waals surface area contributed by atoms with E-state index in [2.05, 4.69) is 4.90 Å². The van der Waals surface area contributed by atoms with Gasteiger partial charge in [-0.3, -0.25) is 4.79 Å². The summed E-state index contributed by atoms with van der Waals surface area (Å²) in [6, 6.07) is 0.515. The van der Waals surface area contributed by atoms with Crippen LogP contribution in [-0.2, 0) is 9.59 Å². The third-order valence-corrected chi connectivity index (χ3v) is 4.28. The van der Waals surface area contributed by atoms with Crippen molar-refractivity contribution >= 4 is 12.2 Å². The Hall–Kier alpha value is -0.860. The molecule has 96 valence electrons. The van der Waals surface area contributed by atoms with Crippen LogP contribution < -0.4 is 0 Å². The van der Waals surface area contributed by atoms with Crippen molar-refractivity contribution < 1.29 is 9.59 Å². The highest BCUT2D eigenvalue weighted by atomic mass is 16.2. The zero-order chi connectivity index (χ0) is 12.1. The third-order valence-electron chi connectivity index (χ3n) is 4.28. The number of rotatable bonds is 4. The minimum Gasteiger partial charge on any atom is -0.339 e. The second-order valence-corrected chi connectivity index (χ2v) is 5.40. The lowest BCUT2D eigenvalue weighted by molar-refractivity contribution is -0.137. The standard InChI is InChI=1S/C14H23NO2/c16-11-4-3-9-14(17)15-10-5-7-12-6-1-2-8-13(12)15/h11-13H,1-10H2. The topological polar surface area (TPSA) is 37.4 Å². The highest BCUT2D eigenvalue weighted by Gasteiger charge is 2.35. The molecule has 0 aromatic heterocycles. The minimum absolute atomic E-state index is 0.281. The molecule has 2 rings (SSSR count). The summed E-state index contributed by atoms with van der Waals surface area (Å²) >= 11 is 0. The molecule has 3 heteroatoms. The van der Waals surface area contributed by atoms with Crippen LogP contribution in [0.4, 0.5) is 0 Å². The van der Waals surface area contributed by atoms with Gasteiger partial charge in [0.05, 0.1) is 0 Å². The monoisotopic (exact) mass is 237 g/mol. The first-order valence-corrected chi connectivity index (χ1v) is 7.06. The van der Waals surface area contributed by atoms with E-state index in [1.54, 1.807) is 0 Å². The van der Waals surface area contributed by atoms with Gasteiger partial charge in [-0.25, -0.2) is 0 Å². The summed E-state index contributed by atoms with van der Waals surface area (Å²) in [5, 5.41) is 0. The van der Waals surface area contributed by atoms with E-state index in [0.717, 1.165) is 25.2 Å². The molecule has 1 aliphatic carbocycles. The predicted molar refractivity (Wildman–Crippen MR) is 66.6 cm³/mol. The van der Waals surface area contributed by atoms with Crippen LogP contribution in [-0.4, -0.2) is 29.7 Å². The van der Waals surface area contributed by atoms with Crippen LogP contribution in [0.2, 0.25) is 0 Å². The SMILES string of the molecule is O=CCCCC(=O)N1CCCC2CCCCC21. The van der Waals surface area contributed by atoms with Gasteiger partial charge < -0.3 is 9.69 Å². The normalized spacial score (nSPS) is 28.6. The van der Waals surface area contributed by atoms with Gasteiger partial charge >= 0.3 is 0 Å². The summed E-state index contributed by atoms with van der Waals surface area (Å²) in [6.07, 6.45) is 10.3. The number of hydrogen-bond donors (Lipinski definition) is 0. The largest absolute Gasteiger partial charge is 0.339 e. The number of amides is 1. The van der Waals surface area contributed by atoms with Crippen LogP contribution in [0.3, 0.4) is 0 Å². The summed E-state index contributed by atoms with van der Waals surface area (Å²) in [7, 11) is 0. The molecule has 1 aliphatic heterocycles. The minimum atomic E-state index is 0.281. The first kappa shape index (κ1) is 12.6. The molecule has 1 saturated carbocycles. The van der Waals surface area contributed by atoms with Crippen molar-refractivity contribution in [3.8, 4) is 0 Å². The number of fused-ring (bicyclic) bond motifs is 1. The summed E-state index contributed by atoms with van der Waals surface area (Å²) < 4.78 is 0. The number of nitrogens with zero attached hydrogens (tertiary/aromatic N) is 1. The van der Waals surface area contributed by atoms with Gasteiger partial charge in [0, 0.05) is 25.4 Å². The third kappa shape index (κ3) is 3.08. The number of piperidine rings is 1. The zero-order valence-corrected chi connectivity index (χ0v) is 10.6. The Morgan fingerprint density at radius 3 is 2.76 bits per heavy atom. The molecule has 0 aromatic rings. The van der Waals surface area contributed by atoms with E-state index >= 15 is 0 Å². The van der Waals surface area contributed by atoms with Gasteiger partial charge in [-0.2, -0.15) is 0 Å². The fourth-order valence-corrected chi connectivity index (χ4v) is 3.41. The maximum Gasteiger partial charge on any atom is 0.222 e. The fraction of sp³-hybridized carbons (Fsp3) is 0.857. The Morgan fingerprint density at radius 2 is 1.94 bits per heavy atom. The van der Waals surface area contributed by atoms with E-state index < -0.39 is 0 Å². The Labute approximate surface area is 104 Å². The molecular formula is C14H23NO2. The van der Waals surface area contributed by atoms with E-state index in [0.29, 0.717) is 18.9 Å². The molecule has 17 heavy (non-hydrogen) atoms. The molecule has 1 amide bonds. The highest BCUT2D eigenvalue weighted by Crippen LogP contribution is 2.35. The smallest absolute Gasteiger partial charge is 0.222 e. The van der Waals surface area contributed by atoms with Gasteiger partial charge in [0.25, 0.3) is 0 Å². The molecule has 2 fully saturated rings. The molecule has 3 nitrogen and oxygen atoms in total. The average Bonchev–Trinajstić information content (AvgIpc) is 2.38. The Balaban J connectivity index is 1.89. The van der Waals surface area contributed by atoms with Crippen molar-refractivity contribution in [2.45, 2.75) is 63.8 Å². The van der Waals surface area contributed by atoms with Crippen molar-refractivity contribution in [1.29, 1.82) is 0 Å². The van der Waals surface area contributed by atoms with Crippen LogP contribution in [0.1, 0.15) is 57.8 Å². The average molecular weight is 237 g/mol. The Morgan fingerprint density at radius 1 is 1.18 bits per heavy atom. The van der Waals surface area contributed by atoms with E-state index in [1.807, 2.05) is 0 Å².